The first-order valence-electron chi connectivity index (χ1n) is 6.91. The van der Waals surface area contributed by atoms with E-state index < -0.39 is 10.2 Å². The third-order valence-corrected chi connectivity index (χ3v) is 5.74. The number of ether oxygens (including phenoxy) is 1. The van der Waals surface area contributed by atoms with Gasteiger partial charge in [-0.3, -0.25) is 0 Å². The first-order valence-corrected chi connectivity index (χ1v) is 8.35. The van der Waals surface area contributed by atoms with Crippen LogP contribution in [0.5, 0.6) is 0 Å². The van der Waals surface area contributed by atoms with Gasteiger partial charge in [0.1, 0.15) is 0 Å². The molecule has 5 nitrogen and oxygen atoms in total. The van der Waals surface area contributed by atoms with E-state index >= 15 is 0 Å². The summed E-state index contributed by atoms with van der Waals surface area (Å²) in [5.74, 6) is 0. The number of rotatable bonds is 4. The first kappa shape index (κ1) is 14.2. The lowest BCUT2D eigenvalue weighted by Crippen LogP contribution is -2.52. The second kappa shape index (κ2) is 5.86. The number of hydrogen-bond acceptors (Lipinski definition) is 3. The van der Waals surface area contributed by atoms with Gasteiger partial charge < -0.3 is 4.74 Å². The van der Waals surface area contributed by atoms with E-state index in [4.69, 9.17) is 4.74 Å². The Morgan fingerprint density at radius 3 is 2.67 bits per heavy atom. The minimum Gasteiger partial charge on any atom is -0.377 e. The molecule has 106 valence electrons. The van der Waals surface area contributed by atoms with Gasteiger partial charge in [-0.15, -0.1) is 0 Å². The van der Waals surface area contributed by atoms with Gasteiger partial charge in [-0.05, 0) is 39.5 Å². The van der Waals surface area contributed by atoms with Gasteiger partial charge in [0.15, 0.2) is 0 Å². The van der Waals surface area contributed by atoms with Gasteiger partial charge in [-0.2, -0.15) is 17.4 Å². The van der Waals surface area contributed by atoms with Crippen molar-refractivity contribution in [3.63, 3.8) is 0 Å². The van der Waals surface area contributed by atoms with E-state index in [2.05, 4.69) is 4.72 Å². The Bertz CT molecular complexity index is 366. The Balaban J connectivity index is 1.97. The molecule has 1 N–H and O–H groups in total. The van der Waals surface area contributed by atoms with Crippen LogP contribution in [0.1, 0.15) is 46.0 Å². The van der Waals surface area contributed by atoms with Crippen molar-refractivity contribution in [1.82, 2.24) is 9.03 Å². The Morgan fingerprint density at radius 1 is 1.28 bits per heavy atom. The number of piperidine rings is 1. The summed E-state index contributed by atoms with van der Waals surface area (Å²) in [6.45, 7) is 5.25. The van der Waals surface area contributed by atoms with Crippen molar-refractivity contribution in [3.8, 4) is 0 Å². The normalized spacial score (nSPS) is 32.6. The third kappa shape index (κ3) is 3.23. The highest BCUT2D eigenvalue weighted by molar-refractivity contribution is 7.87. The average Bonchev–Trinajstić information content (AvgIpc) is 2.82. The zero-order chi connectivity index (χ0) is 13.2. The van der Waals surface area contributed by atoms with Crippen LogP contribution < -0.4 is 4.72 Å². The molecule has 2 aliphatic rings. The lowest BCUT2D eigenvalue weighted by molar-refractivity contribution is 0.0892. The van der Waals surface area contributed by atoms with E-state index in [0.29, 0.717) is 6.54 Å². The zero-order valence-electron chi connectivity index (χ0n) is 11.3. The highest BCUT2D eigenvalue weighted by Gasteiger charge is 2.33. The molecular weight excluding hydrogens is 252 g/mol. The zero-order valence-corrected chi connectivity index (χ0v) is 12.1. The standard InChI is InChI=1S/C12H24N2O3S/c1-10-6-3-4-8-14(10)18(15,16)13-11(2)12-7-5-9-17-12/h10-13H,3-9H2,1-2H3/t10-,11-,12+/m0/s1. The average molecular weight is 276 g/mol. The predicted molar refractivity (Wildman–Crippen MR) is 70.5 cm³/mol. The lowest BCUT2D eigenvalue weighted by atomic mass is 10.1. The third-order valence-electron chi connectivity index (χ3n) is 3.91. The van der Waals surface area contributed by atoms with Crippen LogP contribution in [0, 0.1) is 0 Å². The molecular formula is C12H24N2O3S. The summed E-state index contributed by atoms with van der Waals surface area (Å²) in [4.78, 5) is 0. The summed E-state index contributed by atoms with van der Waals surface area (Å²) in [7, 11) is -3.37. The van der Waals surface area contributed by atoms with Crippen molar-refractivity contribution in [1.29, 1.82) is 0 Å². The molecule has 0 radical (unpaired) electrons. The quantitative estimate of drug-likeness (QED) is 0.841. The number of hydrogen-bond donors (Lipinski definition) is 1. The van der Waals surface area contributed by atoms with Gasteiger partial charge >= 0.3 is 0 Å². The maximum atomic E-state index is 12.3. The summed E-state index contributed by atoms with van der Waals surface area (Å²) >= 11 is 0. The number of nitrogens with zero attached hydrogens (tertiary/aromatic N) is 1. The van der Waals surface area contributed by atoms with Crippen LogP contribution in [0.25, 0.3) is 0 Å². The molecule has 0 aromatic heterocycles. The minimum atomic E-state index is -3.37. The molecule has 3 atom stereocenters. The second-order valence-electron chi connectivity index (χ2n) is 5.42. The van der Waals surface area contributed by atoms with E-state index in [9.17, 15) is 8.42 Å². The molecule has 0 spiro atoms. The molecule has 18 heavy (non-hydrogen) atoms. The fourth-order valence-corrected chi connectivity index (χ4v) is 4.51. The van der Waals surface area contributed by atoms with Crippen LogP contribution >= 0.6 is 0 Å². The van der Waals surface area contributed by atoms with Gasteiger partial charge in [0.2, 0.25) is 0 Å². The molecule has 0 aliphatic carbocycles. The molecule has 0 aromatic rings. The van der Waals surface area contributed by atoms with Crippen LogP contribution in [0.4, 0.5) is 0 Å². The summed E-state index contributed by atoms with van der Waals surface area (Å²) in [6.07, 6.45) is 5.03. The molecule has 2 heterocycles. The molecule has 0 unspecified atom stereocenters. The van der Waals surface area contributed by atoms with Crippen molar-refractivity contribution in [2.75, 3.05) is 13.2 Å². The summed E-state index contributed by atoms with van der Waals surface area (Å²) in [5.41, 5.74) is 0. The highest BCUT2D eigenvalue weighted by Crippen LogP contribution is 2.21. The Kier molecular flexibility index (Phi) is 4.64. The maximum Gasteiger partial charge on any atom is 0.280 e. The monoisotopic (exact) mass is 276 g/mol. The molecule has 2 rings (SSSR count). The van der Waals surface area contributed by atoms with Gasteiger partial charge in [0, 0.05) is 25.2 Å². The van der Waals surface area contributed by atoms with Crippen molar-refractivity contribution in [3.05, 3.63) is 0 Å². The molecule has 0 saturated carbocycles. The van der Waals surface area contributed by atoms with E-state index in [1.54, 1.807) is 4.31 Å². The molecule has 2 aliphatic heterocycles. The van der Waals surface area contributed by atoms with Gasteiger partial charge in [0.05, 0.1) is 6.10 Å². The van der Waals surface area contributed by atoms with Crippen LogP contribution in [0.2, 0.25) is 0 Å². The summed E-state index contributed by atoms with van der Waals surface area (Å²) < 4.78 is 34.5. The lowest BCUT2D eigenvalue weighted by Gasteiger charge is -2.33. The van der Waals surface area contributed by atoms with Crippen LogP contribution in [0.3, 0.4) is 0 Å². The molecule has 6 heteroatoms. The van der Waals surface area contributed by atoms with Crippen LogP contribution in [-0.4, -0.2) is 44.1 Å². The highest BCUT2D eigenvalue weighted by atomic mass is 32.2. The Hall–Kier alpha value is -0.170. The molecule has 2 saturated heterocycles. The van der Waals surface area contributed by atoms with Crippen molar-refractivity contribution < 1.29 is 13.2 Å². The van der Waals surface area contributed by atoms with E-state index in [1.165, 1.54) is 0 Å². The largest absolute Gasteiger partial charge is 0.377 e. The maximum absolute atomic E-state index is 12.3. The molecule has 0 aromatic carbocycles. The summed E-state index contributed by atoms with van der Waals surface area (Å²) in [5, 5.41) is 0. The minimum absolute atomic E-state index is 0.0277. The second-order valence-corrected chi connectivity index (χ2v) is 7.07. The van der Waals surface area contributed by atoms with Crippen LogP contribution in [0.15, 0.2) is 0 Å². The molecule has 0 bridgehead atoms. The van der Waals surface area contributed by atoms with Crippen molar-refractivity contribution in [2.24, 2.45) is 0 Å². The van der Waals surface area contributed by atoms with Crippen molar-refractivity contribution in [2.45, 2.75) is 64.1 Å². The molecule has 0 amide bonds. The Labute approximate surface area is 110 Å². The smallest absolute Gasteiger partial charge is 0.280 e. The SMILES string of the molecule is C[C@H](NS(=O)(=O)N1CCCC[C@@H]1C)[C@H]1CCCO1. The van der Waals surface area contributed by atoms with Gasteiger partial charge in [-0.25, -0.2) is 0 Å². The topological polar surface area (TPSA) is 58.6 Å². The fourth-order valence-electron chi connectivity index (χ4n) is 2.80. The fraction of sp³-hybridized carbons (Fsp3) is 1.00. The van der Waals surface area contributed by atoms with E-state index in [0.717, 1.165) is 38.7 Å². The first-order chi connectivity index (χ1) is 8.50. The Morgan fingerprint density at radius 2 is 2.06 bits per heavy atom. The van der Waals surface area contributed by atoms with Crippen molar-refractivity contribution >= 4 is 10.2 Å². The van der Waals surface area contributed by atoms with Gasteiger partial charge in [-0.1, -0.05) is 6.42 Å². The van der Waals surface area contributed by atoms with E-state index in [-0.39, 0.29) is 18.2 Å². The van der Waals surface area contributed by atoms with E-state index in [1.807, 2.05) is 13.8 Å². The summed E-state index contributed by atoms with van der Waals surface area (Å²) in [6, 6.07) is -0.0421. The molecule has 2 fully saturated rings. The van der Waals surface area contributed by atoms with Gasteiger partial charge in [0.25, 0.3) is 10.2 Å². The van der Waals surface area contributed by atoms with Crippen LogP contribution in [-0.2, 0) is 14.9 Å². The predicted octanol–water partition coefficient (Wildman–Crippen LogP) is 1.26. The number of nitrogens with one attached hydrogen (secondary N) is 1.